The minimum absolute atomic E-state index is 0.00575. The fourth-order valence-corrected chi connectivity index (χ4v) is 4.49. The first kappa shape index (κ1) is 23.8. The number of hydrogen-bond acceptors (Lipinski definition) is 5. The molecule has 4 rings (SSSR count). The van der Waals surface area contributed by atoms with E-state index in [0.717, 1.165) is 54.0 Å². The molecule has 8 heteroatoms. The Morgan fingerprint density at radius 1 is 1.18 bits per heavy atom. The van der Waals surface area contributed by atoms with E-state index in [2.05, 4.69) is 20.1 Å². The Labute approximate surface area is 200 Å². The predicted molar refractivity (Wildman–Crippen MR) is 133 cm³/mol. The molecule has 1 aliphatic rings. The van der Waals surface area contributed by atoms with Crippen molar-refractivity contribution in [1.29, 1.82) is 0 Å². The third-order valence-electron chi connectivity index (χ3n) is 6.44. The second-order valence-corrected chi connectivity index (χ2v) is 9.09. The monoisotopic (exact) mass is 463 g/mol. The van der Waals surface area contributed by atoms with Crippen molar-refractivity contribution in [2.45, 2.75) is 25.3 Å². The lowest BCUT2D eigenvalue weighted by Crippen LogP contribution is -2.38. The van der Waals surface area contributed by atoms with Crippen LogP contribution in [0, 0.1) is 5.92 Å². The first-order valence-corrected chi connectivity index (χ1v) is 11.7. The van der Waals surface area contributed by atoms with Gasteiger partial charge in [0, 0.05) is 36.7 Å². The minimum Gasteiger partial charge on any atom is -0.497 e. The summed E-state index contributed by atoms with van der Waals surface area (Å²) in [6.07, 6.45) is 2.37. The van der Waals surface area contributed by atoms with Crippen LogP contribution in [-0.4, -0.2) is 67.6 Å². The van der Waals surface area contributed by atoms with Gasteiger partial charge in [0.2, 0.25) is 5.91 Å². The van der Waals surface area contributed by atoms with E-state index in [1.54, 1.807) is 14.2 Å². The molecule has 0 atom stereocenters. The van der Waals surface area contributed by atoms with Gasteiger partial charge in [0.25, 0.3) is 5.91 Å². The smallest absolute Gasteiger partial charge is 0.251 e. The summed E-state index contributed by atoms with van der Waals surface area (Å²) in [5.74, 6) is 1.55. The topological polar surface area (TPSA) is 88.5 Å². The van der Waals surface area contributed by atoms with Gasteiger partial charge in [-0.1, -0.05) is 12.1 Å². The summed E-state index contributed by atoms with van der Waals surface area (Å²) in [6, 6.07) is 13.6. The standard InChI is InChI=1S/C26H33N5O3/c1-27-25(32)19-13-20(14-19)31-23-16-18(26(33)28-11-6-12-30(2)3)9-10-22(23)29-24(31)17-7-5-8-21(15-17)34-4/h5,7-10,15-16,19-20H,6,11-14H2,1-4H3,(H,27,32)(H,28,33). The predicted octanol–water partition coefficient (Wildman–Crippen LogP) is 3.09. The average molecular weight is 464 g/mol. The van der Waals surface area contributed by atoms with E-state index in [-0.39, 0.29) is 23.8 Å². The van der Waals surface area contributed by atoms with Crippen LogP contribution >= 0.6 is 0 Å². The SMILES string of the molecule is CNC(=O)C1CC(n2c(-c3cccc(OC)c3)nc3ccc(C(=O)NCCCN(C)C)cc32)C1. The largest absolute Gasteiger partial charge is 0.497 e. The van der Waals surface area contributed by atoms with Crippen LogP contribution in [0.1, 0.15) is 35.7 Å². The number of carbonyl (C=O) groups is 2. The zero-order valence-electron chi connectivity index (χ0n) is 20.3. The highest BCUT2D eigenvalue weighted by Gasteiger charge is 2.37. The Morgan fingerprint density at radius 3 is 2.68 bits per heavy atom. The van der Waals surface area contributed by atoms with Crippen LogP contribution in [0.15, 0.2) is 42.5 Å². The maximum atomic E-state index is 12.8. The van der Waals surface area contributed by atoms with Crippen molar-refractivity contribution in [2.24, 2.45) is 5.92 Å². The Kier molecular flexibility index (Phi) is 7.17. The van der Waals surface area contributed by atoms with Gasteiger partial charge in [0.15, 0.2) is 0 Å². The number of fused-ring (bicyclic) bond motifs is 1. The van der Waals surface area contributed by atoms with Crippen molar-refractivity contribution in [2.75, 3.05) is 41.3 Å². The molecule has 1 saturated carbocycles. The van der Waals surface area contributed by atoms with Gasteiger partial charge in [-0.05, 0) is 70.2 Å². The maximum Gasteiger partial charge on any atom is 0.251 e. The highest BCUT2D eigenvalue weighted by Crippen LogP contribution is 2.43. The van der Waals surface area contributed by atoms with Gasteiger partial charge >= 0.3 is 0 Å². The average Bonchev–Trinajstić information content (AvgIpc) is 3.19. The Hall–Kier alpha value is -3.39. The lowest BCUT2D eigenvalue weighted by atomic mass is 9.79. The van der Waals surface area contributed by atoms with Crippen LogP contribution in [0.5, 0.6) is 5.75 Å². The molecule has 0 aliphatic heterocycles. The fraction of sp³-hybridized carbons (Fsp3) is 0.423. The van der Waals surface area contributed by atoms with Crippen LogP contribution < -0.4 is 15.4 Å². The number of imidazole rings is 1. The molecule has 0 spiro atoms. The van der Waals surface area contributed by atoms with E-state index in [4.69, 9.17) is 9.72 Å². The van der Waals surface area contributed by atoms with Gasteiger partial charge in [-0.3, -0.25) is 9.59 Å². The molecule has 1 heterocycles. The van der Waals surface area contributed by atoms with Gasteiger partial charge in [-0.25, -0.2) is 4.98 Å². The molecule has 0 saturated heterocycles. The Balaban J connectivity index is 1.67. The van der Waals surface area contributed by atoms with Crippen molar-refractivity contribution in [3.8, 4) is 17.1 Å². The number of nitrogens with zero attached hydrogens (tertiary/aromatic N) is 3. The number of benzene rings is 2. The van der Waals surface area contributed by atoms with Crippen LogP contribution in [0.3, 0.4) is 0 Å². The summed E-state index contributed by atoms with van der Waals surface area (Å²) in [4.78, 5) is 31.9. The second-order valence-electron chi connectivity index (χ2n) is 9.09. The summed E-state index contributed by atoms with van der Waals surface area (Å²) >= 11 is 0. The number of nitrogens with one attached hydrogen (secondary N) is 2. The van der Waals surface area contributed by atoms with E-state index >= 15 is 0 Å². The molecule has 3 aromatic rings. The van der Waals surface area contributed by atoms with Gasteiger partial charge in [-0.2, -0.15) is 0 Å². The van der Waals surface area contributed by atoms with Crippen LogP contribution in [0.4, 0.5) is 0 Å². The van der Waals surface area contributed by atoms with Crippen molar-refractivity contribution in [3.63, 3.8) is 0 Å². The van der Waals surface area contributed by atoms with Crippen LogP contribution in [0.2, 0.25) is 0 Å². The Bertz CT molecular complexity index is 1180. The molecule has 34 heavy (non-hydrogen) atoms. The third kappa shape index (κ3) is 4.92. The summed E-state index contributed by atoms with van der Waals surface area (Å²) in [6.45, 7) is 1.55. The van der Waals surface area contributed by atoms with E-state index in [9.17, 15) is 9.59 Å². The molecule has 0 bridgehead atoms. The molecule has 1 aromatic heterocycles. The highest BCUT2D eigenvalue weighted by atomic mass is 16.5. The van der Waals surface area contributed by atoms with Gasteiger partial charge in [0.1, 0.15) is 11.6 Å². The molecule has 0 radical (unpaired) electrons. The molecule has 2 amide bonds. The zero-order chi connectivity index (χ0) is 24.2. The molecule has 8 nitrogen and oxygen atoms in total. The highest BCUT2D eigenvalue weighted by molar-refractivity contribution is 5.98. The molecule has 180 valence electrons. The van der Waals surface area contributed by atoms with E-state index in [1.807, 2.05) is 56.6 Å². The lowest BCUT2D eigenvalue weighted by Gasteiger charge is -2.36. The molecular weight excluding hydrogens is 430 g/mol. The molecule has 2 aromatic carbocycles. The van der Waals surface area contributed by atoms with Gasteiger partial charge in [-0.15, -0.1) is 0 Å². The summed E-state index contributed by atoms with van der Waals surface area (Å²) < 4.78 is 7.61. The van der Waals surface area contributed by atoms with E-state index in [1.165, 1.54) is 0 Å². The fourth-order valence-electron chi connectivity index (χ4n) is 4.49. The zero-order valence-corrected chi connectivity index (χ0v) is 20.3. The number of methoxy groups -OCH3 is 1. The number of rotatable bonds is 9. The second kappa shape index (κ2) is 10.3. The number of ether oxygens (including phenoxy) is 1. The van der Waals surface area contributed by atoms with Crippen LogP contribution in [0.25, 0.3) is 22.4 Å². The van der Waals surface area contributed by atoms with Gasteiger partial charge < -0.3 is 24.8 Å². The number of amides is 2. The third-order valence-corrected chi connectivity index (χ3v) is 6.44. The number of hydrogen-bond donors (Lipinski definition) is 2. The van der Waals surface area contributed by atoms with E-state index < -0.39 is 0 Å². The minimum atomic E-state index is -0.0896. The Morgan fingerprint density at radius 2 is 1.97 bits per heavy atom. The van der Waals surface area contributed by atoms with Crippen molar-refractivity contribution >= 4 is 22.8 Å². The lowest BCUT2D eigenvalue weighted by molar-refractivity contribution is -0.128. The normalized spacial score (nSPS) is 17.4. The summed E-state index contributed by atoms with van der Waals surface area (Å²) in [5, 5.41) is 5.76. The summed E-state index contributed by atoms with van der Waals surface area (Å²) in [5.41, 5.74) is 3.27. The molecular formula is C26H33N5O3. The molecule has 1 aliphatic carbocycles. The first-order valence-electron chi connectivity index (χ1n) is 11.7. The van der Waals surface area contributed by atoms with Crippen LogP contribution in [-0.2, 0) is 4.79 Å². The molecule has 2 N–H and O–H groups in total. The van der Waals surface area contributed by atoms with Crippen molar-refractivity contribution < 1.29 is 14.3 Å². The number of carbonyl (C=O) groups excluding carboxylic acids is 2. The van der Waals surface area contributed by atoms with Gasteiger partial charge in [0.05, 0.1) is 18.1 Å². The maximum absolute atomic E-state index is 12.8. The molecule has 1 fully saturated rings. The quantitative estimate of drug-likeness (QED) is 0.476. The number of aromatic nitrogens is 2. The van der Waals surface area contributed by atoms with Crippen molar-refractivity contribution in [1.82, 2.24) is 25.1 Å². The van der Waals surface area contributed by atoms with E-state index in [0.29, 0.717) is 12.1 Å². The van der Waals surface area contributed by atoms with Crippen molar-refractivity contribution in [3.05, 3.63) is 48.0 Å². The summed E-state index contributed by atoms with van der Waals surface area (Å²) in [7, 11) is 7.36. The molecule has 0 unspecified atom stereocenters. The first-order chi connectivity index (χ1) is 16.4.